The molecule has 1 aromatic carbocycles. The molecule has 3 heterocycles. The summed E-state index contributed by atoms with van der Waals surface area (Å²) in [5.41, 5.74) is 3.42. The number of fused-ring (bicyclic) bond motifs is 2. The Morgan fingerprint density at radius 1 is 1.32 bits per heavy atom. The third kappa shape index (κ3) is 3.66. The molecular formula is C21H23N3O2S2. The van der Waals surface area contributed by atoms with Crippen molar-refractivity contribution in [3.8, 4) is 0 Å². The van der Waals surface area contributed by atoms with Crippen molar-refractivity contribution in [1.82, 2.24) is 9.97 Å². The van der Waals surface area contributed by atoms with Crippen molar-refractivity contribution < 1.29 is 9.53 Å². The number of aromatic nitrogens is 2. The van der Waals surface area contributed by atoms with E-state index in [0.29, 0.717) is 18.7 Å². The van der Waals surface area contributed by atoms with E-state index in [4.69, 9.17) is 4.74 Å². The standard InChI is InChI=1S/C21H23N3O2S2/c1-13-14(2)28-21-19(13)20(22-12-23-21)27-9-8-18(25)24-11-16(26-3)10-15-6-4-5-7-17(15)24/h4-7,12,16H,8-11H2,1-3H3. The van der Waals surface area contributed by atoms with Crippen molar-refractivity contribution in [1.29, 1.82) is 0 Å². The number of nitrogens with zero attached hydrogens (tertiary/aromatic N) is 3. The minimum atomic E-state index is 0.0458. The maximum Gasteiger partial charge on any atom is 0.227 e. The number of thioether (sulfide) groups is 1. The van der Waals surface area contributed by atoms with Gasteiger partial charge in [-0.1, -0.05) is 18.2 Å². The van der Waals surface area contributed by atoms with Crippen LogP contribution in [0, 0.1) is 13.8 Å². The lowest BCUT2D eigenvalue weighted by atomic mass is 9.99. The number of anilines is 1. The maximum atomic E-state index is 13.0. The second-order valence-electron chi connectivity index (χ2n) is 6.94. The largest absolute Gasteiger partial charge is 0.379 e. The molecule has 0 bridgehead atoms. The summed E-state index contributed by atoms with van der Waals surface area (Å²) in [5.74, 6) is 0.820. The molecule has 1 atom stereocenters. The zero-order valence-electron chi connectivity index (χ0n) is 16.3. The summed E-state index contributed by atoms with van der Waals surface area (Å²) < 4.78 is 5.55. The number of ether oxygens (including phenoxy) is 1. The van der Waals surface area contributed by atoms with Crippen LogP contribution < -0.4 is 4.90 Å². The van der Waals surface area contributed by atoms with Gasteiger partial charge >= 0.3 is 0 Å². The molecule has 4 rings (SSSR count). The van der Waals surface area contributed by atoms with E-state index in [-0.39, 0.29) is 12.0 Å². The van der Waals surface area contributed by atoms with Gasteiger partial charge in [0.1, 0.15) is 16.2 Å². The number of hydrogen-bond donors (Lipinski definition) is 0. The summed E-state index contributed by atoms with van der Waals surface area (Å²) in [4.78, 5) is 26.0. The van der Waals surface area contributed by atoms with Crippen molar-refractivity contribution in [2.24, 2.45) is 0 Å². The number of hydrogen-bond acceptors (Lipinski definition) is 6. The van der Waals surface area contributed by atoms with E-state index in [2.05, 4.69) is 29.9 Å². The van der Waals surface area contributed by atoms with Crippen LogP contribution in [0.3, 0.4) is 0 Å². The van der Waals surface area contributed by atoms with Crippen LogP contribution in [0.25, 0.3) is 10.2 Å². The molecule has 2 aromatic heterocycles. The number of carbonyl (C=O) groups excluding carboxylic acids is 1. The molecule has 1 unspecified atom stereocenters. The highest BCUT2D eigenvalue weighted by Gasteiger charge is 2.28. The van der Waals surface area contributed by atoms with E-state index in [1.807, 2.05) is 23.1 Å². The number of methoxy groups -OCH3 is 1. The molecule has 5 nitrogen and oxygen atoms in total. The molecule has 1 aliphatic rings. The number of para-hydroxylation sites is 1. The van der Waals surface area contributed by atoms with Crippen molar-refractivity contribution >= 4 is 44.9 Å². The van der Waals surface area contributed by atoms with Crippen LogP contribution in [0.4, 0.5) is 5.69 Å². The van der Waals surface area contributed by atoms with Crippen LogP contribution in [-0.2, 0) is 16.0 Å². The molecule has 3 aromatic rings. The Bertz CT molecular complexity index is 1020. The van der Waals surface area contributed by atoms with E-state index in [1.165, 1.54) is 16.0 Å². The van der Waals surface area contributed by atoms with Crippen LogP contribution >= 0.6 is 23.1 Å². The van der Waals surface area contributed by atoms with Crippen LogP contribution in [0.2, 0.25) is 0 Å². The van der Waals surface area contributed by atoms with Crippen LogP contribution in [-0.4, -0.2) is 41.4 Å². The predicted molar refractivity (Wildman–Crippen MR) is 116 cm³/mol. The molecule has 7 heteroatoms. The lowest BCUT2D eigenvalue weighted by molar-refractivity contribution is -0.118. The van der Waals surface area contributed by atoms with Gasteiger partial charge in [-0.15, -0.1) is 23.1 Å². The molecule has 0 fully saturated rings. The van der Waals surface area contributed by atoms with E-state index >= 15 is 0 Å². The molecule has 0 saturated heterocycles. The monoisotopic (exact) mass is 413 g/mol. The first-order valence-corrected chi connectivity index (χ1v) is 11.1. The summed E-state index contributed by atoms with van der Waals surface area (Å²) in [5, 5.41) is 2.10. The average Bonchev–Trinajstić information content (AvgIpc) is 3.01. The number of carbonyl (C=O) groups is 1. The van der Waals surface area contributed by atoms with Gasteiger partial charge in [0.2, 0.25) is 5.91 Å². The second kappa shape index (κ2) is 8.19. The fraction of sp³-hybridized carbons (Fsp3) is 0.381. The summed E-state index contributed by atoms with van der Waals surface area (Å²) in [6, 6.07) is 8.10. The Labute approximate surface area is 173 Å². The Hall–Kier alpha value is -1.96. The average molecular weight is 414 g/mol. The van der Waals surface area contributed by atoms with Gasteiger partial charge in [-0.3, -0.25) is 4.79 Å². The van der Waals surface area contributed by atoms with E-state index in [9.17, 15) is 4.79 Å². The lowest BCUT2D eigenvalue weighted by Gasteiger charge is -2.34. The number of thiophene rings is 1. The van der Waals surface area contributed by atoms with Gasteiger partial charge in [-0.05, 0) is 31.0 Å². The molecule has 146 valence electrons. The summed E-state index contributed by atoms with van der Waals surface area (Å²) in [6.45, 7) is 4.83. The van der Waals surface area contributed by atoms with Gasteiger partial charge < -0.3 is 9.64 Å². The first-order chi connectivity index (χ1) is 13.6. The zero-order chi connectivity index (χ0) is 19.7. The Morgan fingerprint density at radius 3 is 2.96 bits per heavy atom. The maximum absolute atomic E-state index is 13.0. The predicted octanol–water partition coefficient (Wildman–Crippen LogP) is 4.39. The number of amides is 1. The first kappa shape index (κ1) is 19.4. The third-order valence-electron chi connectivity index (χ3n) is 5.24. The van der Waals surface area contributed by atoms with E-state index in [0.717, 1.165) is 27.4 Å². The van der Waals surface area contributed by atoms with Crippen LogP contribution in [0.1, 0.15) is 22.4 Å². The third-order valence-corrected chi connectivity index (χ3v) is 7.34. The second-order valence-corrected chi connectivity index (χ2v) is 9.22. The Kier molecular flexibility index (Phi) is 5.66. The van der Waals surface area contributed by atoms with Gasteiger partial charge in [-0.25, -0.2) is 9.97 Å². The van der Waals surface area contributed by atoms with E-state index < -0.39 is 0 Å². The highest BCUT2D eigenvalue weighted by Crippen LogP contribution is 2.35. The van der Waals surface area contributed by atoms with Gasteiger partial charge in [0.05, 0.1) is 12.6 Å². The SMILES string of the molecule is COC1Cc2ccccc2N(C(=O)CCSc2ncnc3sc(C)c(C)c23)C1. The molecule has 1 aliphatic heterocycles. The molecule has 1 amide bonds. The van der Waals surface area contributed by atoms with E-state index in [1.54, 1.807) is 36.5 Å². The smallest absolute Gasteiger partial charge is 0.227 e. The summed E-state index contributed by atoms with van der Waals surface area (Å²) in [7, 11) is 1.71. The van der Waals surface area contributed by atoms with Crippen molar-refractivity contribution in [2.45, 2.75) is 37.8 Å². The molecular weight excluding hydrogens is 390 g/mol. The Balaban J connectivity index is 1.47. The minimum Gasteiger partial charge on any atom is -0.379 e. The molecule has 0 radical (unpaired) electrons. The summed E-state index contributed by atoms with van der Waals surface area (Å²) >= 11 is 3.33. The zero-order valence-corrected chi connectivity index (χ0v) is 17.9. The molecule has 0 spiro atoms. The van der Waals surface area contributed by atoms with Crippen LogP contribution in [0.15, 0.2) is 35.6 Å². The normalized spacial score (nSPS) is 16.4. The van der Waals surface area contributed by atoms with Gasteiger partial charge in [-0.2, -0.15) is 0 Å². The van der Waals surface area contributed by atoms with Gasteiger partial charge in [0.15, 0.2) is 0 Å². The van der Waals surface area contributed by atoms with Crippen molar-refractivity contribution in [3.05, 3.63) is 46.6 Å². The fourth-order valence-corrected chi connectivity index (χ4v) is 5.63. The van der Waals surface area contributed by atoms with Crippen LogP contribution in [0.5, 0.6) is 0 Å². The quantitative estimate of drug-likeness (QED) is 0.458. The Morgan fingerprint density at radius 2 is 2.14 bits per heavy atom. The minimum absolute atomic E-state index is 0.0458. The summed E-state index contributed by atoms with van der Waals surface area (Å²) in [6.07, 6.45) is 2.97. The molecule has 0 saturated carbocycles. The molecule has 0 N–H and O–H groups in total. The number of aryl methyl sites for hydroxylation is 2. The first-order valence-electron chi connectivity index (χ1n) is 9.33. The topological polar surface area (TPSA) is 55.3 Å². The molecule has 28 heavy (non-hydrogen) atoms. The lowest BCUT2D eigenvalue weighted by Crippen LogP contribution is -2.43. The number of benzene rings is 1. The highest BCUT2D eigenvalue weighted by molar-refractivity contribution is 7.99. The fourth-order valence-electron chi connectivity index (χ4n) is 3.58. The van der Waals surface area contributed by atoms with Gasteiger partial charge in [0, 0.05) is 41.7 Å². The number of rotatable bonds is 5. The van der Waals surface area contributed by atoms with Crippen molar-refractivity contribution in [2.75, 3.05) is 24.3 Å². The molecule has 0 aliphatic carbocycles. The highest BCUT2D eigenvalue weighted by atomic mass is 32.2. The van der Waals surface area contributed by atoms with Gasteiger partial charge in [0.25, 0.3) is 0 Å². The van der Waals surface area contributed by atoms with Crippen molar-refractivity contribution in [3.63, 3.8) is 0 Å².